The quantitative estimate of drug-likeness (QED) is 0.750. The molecule has 3 heteroatoms. The topological polar surface area (TPSA) is 12.0 Å². The Bertz CT molecular complexity index is 435. The Hall–Kier alpha value is -0.410. The van der Waals surface area contributed by atoms with E-state index in [0.717, 1.165) is 28.9 Å². The van der Waals surface area contributed by atoms with E-state index in [9.17, 15) is 4.39 Å². The van der Waals surface area contributed by atoms with Crippen molar-refractivity contribution >= 4 is 15.9 Å². The van der Waals surface area contributed by atoms with E-state index in [4.69, 9.17) is 0 Å². The Kier molecular flexibility index (Phi) is 6.03. The van der Waals surface area contributed by atoms with Crippen LogP contribution in [-0.4, -0.2) is 6.54 Å². The lowest BCUT2D eigenvalue weighted by Gasteiger charge is -2.34. The highest BCUT2D eigenvalue weighted by molar-refractivity contribution is 9.10. The molecule has 1 aromatic rings. The maximum absolute atomic E-state index is 14.2. The van der Waals surface area contributed by atoms with E-state index in [-0.39, 0.29) is 11.9 Å². The summed E-state index contributed by atoms with van der Waals surface area (Å²) in [6.07, 6.45) is 6.07. The zero-order chi connectivity index (χ0) is 14.5. The van der Waals surface area contributed by atoms with E-state index in [2.05, 4.69) is 35.1 Å². The smallest absolute Gasteiger partial charge is 0.128 e. The average Bonchev–Trinajstić information content (AvgIpc) is 2.43. The molecule has 0 aliphatic heterocycles. The molecule has 0 radical (unpaired) electrons. The summed E-state index contributed by atoms with van der Waals surface area (Å²) in [7, 11) is 0. The molecule has 3 unspecified atom stereocenters. The first-order chi connectivity index (χ1) is 9.61. The standard InChI is InChI=1S/C17H25BrFN/c1-3-9-20-17(13-6-4-5-12(2)10-13)15-11-14(18)7-8-16(15)19/h7-8,11-13,17,20H,3-6,9-10H2,1-2H3. The van der Waals surface area contributed by atoms with Gasteiger partial charge < -0.3 is 5.32 Å². The maximum atomic E-state index is 14.2. The summed E-state index contributed by atoms with van der Waals surface area (Å²) in [6.45, 7) is 5.42. The fourth-order valence-corrected chi connectivity index (χ4v) is 3.75. The van der Waals surface area contributed by atoms with Crippen LogP contribution in [0.2, 0.25) is 0 Å². The second-order valence-electron chi connectivity index (χ2n) is 6.13. The van der Waals surface area contributed by atoms with Crippen molar-refractivity contribution in [2.75, 3.05) is 6.54 Å². The highest BCUT2D eigenvalue weighted by atomic mass is 79.9. The lowest BCUT2D eigenvalue weighted by molar-refractivity contribution is 0.220. The second kappa shape index (κ2) is 7.56. The second-order valence-corrected chi connectivity index (χ2v) is 7.05. The molecule has 1 aliphatic carbocycles. The summed E-state index contributed by atoms with van der Waals surface area (Å²) >= 11 is 3.47. The van der Waals surface area contributed by atoms with Gasteiger partial charge in [-0.1, -0.05) is 42.6 Å². The first-order valence-electron chi connectivity index (χ1n) is 7.80. The molecule has 1 aliphatic rings. The Balaban J connectivity index is 2.23. The van der Waals surface area contributed by atoms with E-state index in [1.807, 2.05) is 6.07 Å². The molecule has 0 saturated heterocycles. The Labute approximate surface area is 130 Å². The van der Waals surface area contributed by atoms with Crippen molar-refractivity contribution in [3.05, 3.63) is 34.1 Å². The van der Waals surface area contributed by atoms with E-state index < -0.39 is 0 Å². The van der Waals surface area contributed by atoms with Gasteiger partial charge in [0, 0.05) is 16.1 Å². The number of rotatable bonds is 5. The molecule has 1 fully saturated rings. The monoisotopic (exact) mass is 341 g/mol. The zero-order valence-electron chi connectivity index (χ0n) is 12.5. The minimum atomic E-state index is -0.0833. The van der Waals surface area contributed by atoms with E-state index in [0.29, 0.717) is 5.92 Å². The minimum Gasteiger partial charge on any atom is -0.310 e. The van der Waals surface area contributed by atoms with Gasteiger partial charge in [0.25, 0.3) is 0 Å². The van der Waals surface area contributed by atoms with Gasteiger partial charge in [-0.05, 0) is 55.8 Å². The molecule has 0 spiro atoms. The van der Waals surface area contributed by atoms with E-state index >= 15 is 0 Å². The fourth-order valence-electron chi connectivity index (χ4n) is 3.37. The Morgan fingerprint density at radius 2 is 2.20 bits per heavy atom. The van der Waals surface area contributed by atoms with Crippen LogP contribution in [-0.2, 0) is 0 Å². The van der Waals surface area contributed by atoms with Gasteiger partial charge in [0.15, 0.2) is 0 Å². The molecule has 1 nitrogen and oxygen atoms in total. The number of benzene rings is 1. The average molecular weight is 342 g/mol. The van der Waals surface area contributed by atoms with Crippen molar-refractivity contribution in [2.24, 2.45) is 11.8 Å². The summed E-state index contributed by atoms with van der Waals surface area (Å²) in [4.78, 5) is 0. The van der Waals surface area contributed by atoms with Gasteiger partial charge in [-0.25, -0.2) is 4.39 Å². The van der Waals surface area contributed by atoms with Gasteiger partial charge in [-0.2, -0.15) is 0 Å². The summed E-state index contributed by atoms with van der Waals surface area (Å²) in [5, 5.41) is 3.58. The summed E-state index contributed by atoms with van der Waals surface area (Å²) in [5.74, 6) is 1.23. The summed E-state index contributed by atoms with van der Waals surface area (Å²) in [6, 6.07) is 5.45. The van der Waals surface area contributed by atoms with E-state index in [1.165, 1.54) is 25.7 Å². The third kappa shape index (κ3) is 4.05. The van der Waals surface area contributed by atoms with Gasteiger partial charge in [0.05, 0.1) is 0 Å². The molecule has 2 rings (SSSR count). The van der Waals surface area contributed by atoms with Crippen molar-refractivity contribution in [1.82, 2.24) is 5.32 Å². The van der Waals surface area contributed by atoms with Gasteiger partial charge in [-0.15, -0.1) is 0 Å². The van der Waals surface area contributed by atoms with Crippen LogP contribution < -0.4 is 5.32 Å². The van der Waals surface area contributed by atoms with Crippen LogP contribution in [0.25, 0.3) is 0 Å². The molecule has 0 heterocycles. The van der Waals surface area contributed by atoms with Crippen LogP contribution in [0.3, 0.4) is 0 Å². The SMILES string of the molecule is CCCNC(c1cc(Br)ccc1F)C1CCCC(C)C1. The van der Waals surface area contributed by atoms with Crippen molar-refractivity contribution in [3.8, 4) is 0 Å². The Morgan fingerprint density at radius 3 is 2.90 bits per heavy atom. The molecule has 1 N–H and O–H groups in total. The molecule has 1 saturated carbocycles. The number of hydrogen-bond donors (Lipinski definition) is 1. The van der Waals surface area contributed by atoms with Crippen molar-refractivity contribution < 1.29 is 4.39 Å². The third-order valence-electron chi connectivity index (χ3n) is 4.36. The van der Waals surface area contributed by atoms with Crippen LogP contribution in [0.4, 0.5) is 4.39 Å². The molecule has 0 aromatic heterocycles. The van der Waals surface area contributed by atoms with Crippen LogP contribution in [0.5, 0.6) is 0 Å². The maximum Gasteiger partial charge on any atom is 0.128 e. The summed E-state index contributed by atoms with van der Waals surface area (Å²) < 4.78 is 15.2. The number of hydrogen-bond acceptors (Lipinski definition) is 1. The fraction of sp³-hybridized carbons (Fsp3) is 0.647. The lowest BCUT2D eigenvalue weighted by Crippen LogP contribution is -2.32. The van der Waals surface area contributed by atoms with Crippen LogP contribution in [0.1, 0.15) is 57.6 Å². The number of halogens is 2. The van der Waals surface area contributed by atoms with Gasteiger partial charge in [-0.3, -0.25) is 0 Å². The molecular formula is C17H25BrFN. The largest absolute Gasteiger partial charge is 0.310 e. The van der Waals surface area contributed by atoms with Gasteiger partial charge >= 0.3 is 0 Å². The molecule has 112 valence electrons. The van der Waals surface area contributed by atoms with Crippen molar-refractivity contribution in [3.63, 3.8) is 0 Å². The normalized spacial score (nSPS) is 24.6. The minimum absolute atomic E-state index is 0.0833. The molecule has 1 aromatic carbocycles. The first kappa shape index (κ1) is 16.0. The highest BCUT2D eigenvalue weighted by Gasteiger charge is 2.29. The molecule has 3 atom stereocenters. The predicted molar refractivity (Wildman–Crippen MR) is 86.3 cm³/mol. The Morgan fingerprint density at radius 1 is 1.40 bits per heavy atom. The molecule has 20 heavy (non-hydrogen) atoms. The molecular weight excluding hydrogens is 317 g/mol. The highest BCUT2D eigenvalue weighted by Crippen LogP contribution is 2.38. The zero-order valence-corrected chi connectivity index (χ0v) is 14.0. The lowest BCUT2D eigenvalue weighted by atomic mass is 9.76. The van der Waals surface area contributed by atoms with Crippen LogP contribution >= 0.6 is 15.9 Å². The molecule has 0 amide bonds. The van der Waals surface area contributed by atoms with Crippen LogP contribution in [0, 0.1) is 17.7 Å². The van der Waals surface area contributed by atoms with Gasteiger partial charge in [0.2, 0.25) is 0 Å². The predicted octanol–water partition coefficient (Wildman–Crippen LogP) is 5.46. The summed E-state index contributed by atoms with van der Waals surface area (Å²) in [5.41, 5.74) is 0.826. The van der Waals surface area contributed by atoms with Crippen molar-refractivity contribution in [1.29, 1.82) is 0 Å². The van der Waals surface area contributed by atoms with Crippen molar-refractivity contribution in [2.45, 2.75) is 52.0 Å². The molecule has 0 bridgehead atoms. The third-order valence-corrected chi connectivity index (χ3v) is 4.85. The van der Waals surface area contributed by atoms with E-state index in [1.54, 1.807) is 12.1 Å². The number of nitrogens with one attached hydrogen (secondary N) is 1. The first-order valence-corrected chi connectivity index (χ1v) is 8.59. The van der Waals surface area contributed by atoms with Crippen LogP contribution in [0.15, 0.2) is 22.7 Å². The van der Waals surface area contributed by atoms with Gasteiger partial charge in [0.1, 0.15) is 5.82 Å².